The van der Waals surface area contributed by atoms with E-state index in [1.54, 1.807) is 42.5 Å². The monoisotopic (exact) mass is 452 g/mol. The Labute approximate surface area is 186 Å². The Hall–Kier alpha value is -3.86. The number of H-pyrrole nitrogens is 1. The number of ketones is 1. The predicted molar refractivity (Wildman–Crippen MR) is 114 cm³/mol. The van der Waals surface area contributed by atoms with Crippen LogP contribution < -0.4 is 11.2 Å². The van der Waals surface area contributed by atoms with Crippen LogP contribution in [0.15, 0.2) is 76.4 Å². The summed E-state index contributed by atoms with van der Waals surface area (Å²) in [5.41, 5.74) is -1.01. The maximum Gasteiger partial charge on any atom is 0.339 e. The molecule has 1 aliphatic heterocycles. The lowest BCUT2D eigenvalue weighted by molar-refractivity contribution is -0.0563. The van der Waals surface area contributed by atoms with Crippen LogP contribution in [0, 0.1) is 0 Å². The number of ether oxygens (including phenoxy) is 2. The molecule has 2 heterocycles. The van der Waals surface area contributed by atoms with Crippen molar-refractivity contribution in [1.29, 1.82) is 0 Å². The third kappa shape index (κ3) is 4.40. The molecular weight excluding hydrogens is 432 g/mol. The van der Waals surface area contributed by atoms with Gasteiger partial charge in [0, 0.05) is 23.4 Å². The molecule has 0 spiro atoms. The maximum absolute atomic E-state index is 13.0. The highest BCUT2D eigenvalue weighted by Crippen LogP contribution is 2.31. The minimum atomic E-state index is -1.54. The lowest BCUT2D eigenvalue weighted by Crippen LogP contribution is -2.40. The second-order valence-electron chi connectivity index (χ2n) is 7.37. The highest BCUT2D eigenvalue weighted by Gasteiger charge is 2.47. The van der Waals surface area contributed by atoms with Crippen LogP contribution in [0.5, 0.6) is 0 Å². The van der Waals surface area contributed by atoms with Gasteiger partial charge in [-0.25, -0.2) is 9.59 Å². The molecule has 10 heteroatoms. The molecular formula is C23H20N2O8. The SMILES string of the molecule is O=C(OC1C(O)[C@@H](n2ccc(=O)[nH]c2=O)O[C@H]1CO)c1ccccc1C(=O)c1ccccc1. The van der Waals surface area contributed by atoms with Crippen molar-refractivity contribution in [3.8, 4) is 0 Å². The molecule has 0 saturated carbocycles. The van der Waals surface area contributed by atoms with E-state index < -0.39 is 48.4 Å². The predicted octanol–water partition coefficient (Wildman–Crippen LogP) is 0.244. The Morgan fingerprint density at radius 1 is 1.00 bits per heavy atom. The van der Waals surface area contributed by atoms with Crippen LogP contribution in [-0.2, 0) is 9.47 Å². The first kappa shape index (κ1) is 22.3. The van der Waals surface area contributed by atoms with Gasteiger partial charge < -0.3 is 19.7 Å². The number of aromatic amines is 1. The van der Waals surface area contributed by atoms with Crippen molar-refractivity contribution in [2.75, 3.05) is 6.61 Å². The number of nitrogens with zero attached hydrogens (tertiary/aromatic N) is 1. The van der Waals surface area contributed by atoms with Gasteiger partial charge in [0.15, 0.2) is 18.1 Å². The van der Waals surface area contributed by atoms with Gasteiger partial charge in [-0.3, -0.25) is 19.1 Å². The molecule has 1 saturated heterocycles. The third-order valence-electron chi connectivity index (χ3n) is 5.29. The lowest BCUT2D eigenvalue weighted by Gasteiger charge is -2.20. The van der Waals surface area contributed by atoms with E-state index in [0.717, 1.165) is 16.8 Å². The van der Waals surface area contributed by atoms with E-state index in [-0.39, 0.29) is 16.9 Å². The summed E-state index contributed by atoms with van der Waals surface area (Å²) in [7, 11) is 0. The number of carbonyl (C=O) groups excluding carboxylic acids is 2. The van der Waals surface area contributed by atoms with E-state index in [9.17, 15) is 29.4 Å². The lowest BCUT2D eigenvalue weighted by atomic mass is 9.98. The normalized spacial score (nSPS) is 22.1. The summed E-state index contributed by atoms with van der Waals surface area (Å²) in [5, 5.41) is 20.4. The number of benzene rings is 2. The number of esters is 1. The van der Waals surface area contributed by atoms with Crippen LogP contribution in [0.3, 0.4) is 0 Å². The molecule has 2 unspecified atom stereocenters. The average Bonchev–Trinajstić information content (AvgIpc) is 3.14. The number of carbonyl (C=O) groups is 2. The van der Waals surface area contributed by atoms with E-state index in [0.29, 0.717) is 5.56 Å². The highest BCUT2D eigenvalue weighted by atomic mass is 16.6. The molecule has 170 valence electrons. The third-order valence-corrected chi connectivity index (χ3v) is 5.29. The van der Waals surface area contributed by atoms with E-state index in [1.807, 2.05) is 4.98 Å². The topological polar surface area (TPSA) is 148 Å². The van der Waals surface area contributed by atoms with Gasteiger partial charge in [-0.05, 0) is 6.07 Å². The molecule has 3 N–H and O–H groups in total. The van der Waals surface area contributed by atoms with Crippen LogP contribution in [0.2, 0.25) is 0 Å². The van der Waals surface area contributed by atoms with Crippen molar-refractivity contribution < 1.29 is 29.3 Å². The first-order valence-electron chi connectivity index (χ1n) is 10.1. The molecule has 1 aliphatic rings. The van der Waals surface area contributed by atoms with Gasteiger partial charge in [0.25, 0.3) is 5.56 Å². The molecule has 4 rings (SSSR count). The molecule has 0 radical (unpaired) electrons. The number of aromatic nitrogens is 2. The van der Waals surface area contributed by atoms with E-state index in [2.05, 4.69) is 0 Å². The first-order valence-corrected chi connectivity index (χ1v) is 10.1. The van der Waals surface area contributed by atoms with Crippen LogP contribution in [0.25, 0.3) is 0 Å². The first-order chi connectivity index (χ1) is 15.9. The fourth-order valence-corrected chi connectivity index (χ4v) is 3.66. The van der Waals surface area contributed by atoms with E-state index in [1.165, 1.54) is 12.1 Å². The van der Waals surface area contributed by atoms with Gasteiger partial charge in [-0.1, -0.05) is 48.5 Å². The van der Waals surface area contributed by atoms with Gasteiger partial charge in [0.05, 0.1) is 12.2 Å². The summed E-state index contributed by atoms with van der Waals surface area (Å²) in [5.74, 6) is -1.29. The minimum absolute atomic E-state index is 0.0279. The second-order valence-corrected chi connectivity index (χ2v) is 7.37. The molecule has 33 heavy (non-hydrogen) atoms. The Morgan fingerprint density at radius 3 is 2.33 bits per heavy atom. The Morgan fingerprint density at radius 2 is 1.67 bits per heavy atom. The molecule has 4 atom stereocenters. The maximum atomic E-state index is 13.0. The van der Waals surface area contributed by atoms with Crippen LogP contribution >= 0.6 is 0 Å². The van der Waals surface area contributed by atoms with E-state index in [4.69, 9.17) is 9.47 Å². The summed E-state index contributed by atoms with van der Waals surface area (Å²) < 4.78 is 11.9. The summed E-state index contributed by atoms with van der Waals surface area (Å²) in [6.45, 7) is -0.617. The average molecular weight is 452 g/mol. The quantitative estimate of drug-likeness (QED) is 0.356. The van der Waals surface area contributed by atoms with Crippen molar-refractivity contribution in [2.24, 2.45) is 0 Å². The van der Waals surface area contributed by atoms with Crippen molar-refractivity contribution in [3.63, 3.8) is 0 Å². The van der Waals surface area contributed by atoms with Gasteiger partial charge in [-0.2, -0.15) is 0 Å². The number of rotatable bonds is 6. The second kappa shape index (κ2) is 9.33. The van der Waals surface area contributed by atoms with Gasteiger partial charge in [0.1, 0.15) is 12.2 Å². The smallest absolute Gasteiger partial charge is 0.339 e. The van der Waals surface area contributed by atoms with Gasteiger partial charge >= 0.3 is 11.7 Å². The fourth-order valence-electron chi connectivity index (χ4n) is 3.66. The Kier molecular flexibility index (Phi) is 6.31. The highest BCUT2D eigenvalue weighted by molar-refractivity contribution is 6.14. The molecule has 10 nitrogen and oxygen atoms in total. The Balaban J connectivity index is 1.60. The van der Waals surface area contributed by atoms with Crippen molar-refractivity contribution in [2.45, 2.75) is 24.5 Å². The molecule has 0 amide bonds. The zero-order valence-corrected chi connectivity index (χ0v) is 17.2. The summed E-state index contributed by atoms with van der Waals surface area (Å²) in [6, 6.07) is 15.5. The van der Waals surface area contributed by atoms with Crippen molar-refractivity contribution in [3.05, 3.63) is 104 Å². The van der Waals surface area contributed by atoms with Crippen molar-refractivity contribution in [1.82, 2.24) is 9.55 Å². The van der Waals surface area contributed by atoms with E-state index >= 15 is 0 Å². The van der Waals surface area contributed by atoms with Crippen molar-refractivity contribution >= 4 is 11.8 Å². The molecule has 1 aromatic heterocycles. The van der Waals surface area contributed by atoms with Gasteiger partial charge in [0.2, 0.25) is 0 Å². The van der Waals surface area contributed by atoms with Crippen LogP contribution in [0.1, 0.15) is 32.5 Å². The standard InChI is InChI=1S/C23H20N2O8/c26-12-16-20(19(29)21(32-16)25-11-10-17(27)24-23(25)31)33-22(30)15-9-5-4-8-14(15)18(28)13-6-2-1-3-7-13/h1-11,16,19-21,26,29H,12H2,(H,24,27,31)/t16-,19?,20?,21-/m0/s1. The van der Waals surface area contributed by atoms with Gasteiger partial charge in [-0.15, -0.1) is 0 Å². The fraction of sp³-hybridized carbons (Fsp3) is 0.217. The molecule has 3 aromatic rings. The molecule has 2 aromatic carbocycles. The molecule has 0 aliphatic carbocycles. The number of aliphatic hydroxyl groups is 2. The number of hydrogen-bond donors (Lipinski definition) is 3. The van der Waals surface area contributed by atoms with Crippen LogP contribution in [0.4, 0.5) is 0 Å². The Bertz CT molecular complexity index is 1280. The zero-order valence-electron chi connectivity index (χ0n) is 17.2. The largest absolute Gasteiger partial charge is 0.453 e. The summed E-state index contributed by atoms with van der Waals surface area (Å²) in [4.78, 5) is 51.3. The number of nitrogens with one attached hydrogen (secondary N) is 1. The number of aliphatic hydroxyl groups excluding tert-OH is 2. The zero-order chi connectivity index (χ0) is 23.5. The summed E-state index contributed by atoms with van der Waals surface area (Å²) >= 11 is 0. The number of hydrogen-bond acceptors (Lipinski definition) is 8. The molecule has 1 fully saturated rings. The summed E-state index contributed by atoms with van der Waals surface area (Å²) in [6.07, 6.45) is -4.21. The molecule has 0 bridgehead atoms. The van der Waals surface area contributed by atoms with Crippen LogP contribution in [-0.4, -0.2) is 56.4 Å². The minimum Gasteiger partial charge on any atom is -0.453 e.